The second-order valence-electron chi connectivity index (χ2n) is 5.80. The molecule has 0 amide bonds. The molecule has 2 aromatic rings. The van der Waals surface area contributed by atoms with Gasteiger partial charge in [0.2, 0.25) is 10.0 Å². The molecule has 1 aliphatic rings. The summed E-state index contributed by atoms with van der Waals surface area (Å²) < 4.78 is 80.4. The molecule has 0 unspecified atom stereocenters. The lowest BCUT2D eigenvalue weighted by Gasteiger charge is -2.18. The Morgan fingerprint density at radius 1 is 0.960 bits per heavy atom. The Bertz CT molecular complexity index is 880. The van der Waals surface area contributed by atoms with Crippen molar-refractivity contribution in [2.75, 3.05) is 13.1 Å². The highest BCUT2D eigenvalue weighted by Gasteiger charge is 2.41. The van der Waals surface area contributed by atoms with Gasteiger partial charge in [0.05, 0.1) is 0 Å². The highest BCUT2D eigenvalue weighted by molar-refractivity contribution is 7.89. The molecule has 4 nitrogen and oxygen atoms in total. The van der Waals surface area contributed by atoms with E-state index in [1.54, 1.807) is 30.3 Å². The highest BCUT2D eigenvalue weighted by Crippen LogP contribution is 2.33. The lowest BCUT2D eigenvalue weighted by molar-refractivity contribution is 0.404. The Balaban J connectivity index is 2.00. The Kier molecular flexibility index (Phi) is 4.56. The van der Waals surface area contributed by atoms with E-state index in [0.717, 1.165) is 9.87 Å². The molecular weight excluding hydrogens is 360 g/mol. The van der Waals surface area contributed by atoms with Crippen LogP contribution in [-0.4, -0.2) is 31.9 Å². The lowest BCUT2D eigenvalue weighted by Crippen LogP contribution is -2.33. The van der Waals surface area contributed by atoms with Crippen LogP contribution < -0.4 is 5.73 Å². The quantitative estimate of drug-likeness (QED) is 0.663. The van der Waals surface area contributed by atoms with E-state index in [1.807, 2.05) is 0 Å². The predicted molar refractivity (Wildman–Crippen MR) is 82.2 cm³/mol. The van der Waals surface area contributed by atoms with Crippen LogP contribution in [0.3, 0.4) is 0 Å². The zero-order valence-corrected chi connectivity index (χ0v) is 13.6. The van der Waals surface area contributed by atoms with Gasteiger partial charge in [-0.15, -0.1) is 0 Å². The first-order valence-electron chi connectivity index (χ1n) is 7.37. The van der Waals surface area contributed by atoms with Gasteiger partial charge in [-0.25, -0.2) is 26.0 Å². The maximum absolute atomic E-state index is 13.9. The van der Waals surface area contributed by atoms with Gasteiger partial charge in [-0.3, -0.25) is 0 Å². The molecule has 134 valence electrons. The monoisotopic (exact) mass is 374 g/mol. The Morgan fingerprint density at radius 3 is 2.08 bits per heavy atom. The molecule has 0 saturated carbocycles. The molecule has 0 aliphatic carbocycles. The van der Waals surface area contributed by atoms with Crippen LogP contribution in [0.5, 0.6) is 0 Å². The minimum Gasteiger partial charge on any atom is -0.326 e. The molecule has 3 rings (SSSR count). The summed E-state index contributed by atoms with van der Waals surface area (Å²) in [6, 6.07) is 8.13. The third kappa shape index (κ3) is 3.03. The average Bonchev–Trinajstić information content (AvgIpc) is 2.96. The van der Waals surface area contributed by atoms with Crippen molar-refractivity contribution in [2.24, 2.45) is 5.73 Å². The number of rotatable bonds is 3. The van der Waals surface area contributed by atoms with Crippen molar-refractivity contribution in [3.63, 3.8) is 0 Å². The summed E-state index contributed by atoms with van der Waals surface area (Å²) in [4.78, 5) is -1.63. The van der Waals surface area contributed by atoms with E-state index in [2.05, 4.69) is 0 Å². The number of hydrogen-bond acceptors (Lipinski definition) is 3. The first kappa shape index (κ1) is 17.8. The molecule has 0 radical (unpaired) electrons. The summed E-state index contributed by atoms with van der Waals surface area (Å²) in [5, 5.41) is 0. The molecule has 0 aromatic heterocycles. The van der Waals surface area contributed by atoms with E-state index in [4.69, 9.17) is 5.73 Å². The Hall–Kier alpha value is -1.97. The van der Waals surface area contributed by atoms with Gasteiger partial charge < -0.3 is 5.73 Å². The van der Waals surface area contributed by atoms with Crippen LogP contribution in [0.15, 0.2) is 41.3 Å². The summed E-state index contributed by atoms with van der Waals surface area (Å²) in [5.74, 6) is -7.85. The van der Waals surface area contributed by atoms with E-state index in [0.29, 0.717) is 0 Å². The zero-order chi connectivity index (χ0) is 18.4. The first-order valence-corrected chi connectivity index (χ1v) is 8.81. The molecule has 1 fully saturated rings. The van der Waals surface area contributed by atoms with Crippen LogP contribution in [0.2, 0.25) is 0 Å². The van der Waals surface area contributed by atoms with Gasteiger partial charge in [0.1, 0.15) is 0 Å². The second kappa shape index (κ2) is 6.40. The molecule has 2 aromatic carbocycles. The van der Waals surface area contributed by atoms with E-state index < -0.39 is 50.1 Å². The molecule has 0 spiro atoms. The molecule has 2 N–H and O–H groups in total. The summed E-state index contributed by atoms with van der Waals surface area (Å²) in [5.41, 5.74) is 6.73. The molecular formula is C16H14F4N2O2S. The molecule has 1 heterocycles. The largest absolute Gasteiger partial charge is 0.326 e. The van der Waals surface area contributed by atoms with Crippen LogP contribution in [0.4, 0.5) is 17.6 Å². The average molecular weight is 374 g/mol. The fourth-order valence-electron chi connectivity index (χ4n) is 2.95. The number of benzene rings is 2. The summed E-state index contributed by atoms with van der Waals surface area (Å²) in [6.07, 6.45) is 0. The number of nitrogens with zero attached hydrogens (tertiary/aromatic N) is 1. The van der Waals surface area contributed by atoms with E-state index in [9.17, 15) is 26.0 Å². The maximum Gasteiger partial charge on any atom is 0.249 e. The SMILES string of the molecule is N[C@@H]1CN(S(=O)(=O)c2c(F)c(F)cc(F)c2F)C[C@H]1c1ccccc1. The van der Waals surface area contributed by atoms with Crippen molar-refractivity contribution in [3.8, 4) is 0 Å². The van der Waals surface area contributed by atoms with Crippen molar-refractivity contribution >= 4 is 10.0 Å². The topological polar surface area (TPSA) is 63.4 Å². The van der Waals surface area contributed by atoms with Crippen molar-refractivity contribution < 1.29 is 26.0 Å². The van der Waals surface area contributed by atoms with Crippen LogP contribution in [0.1, 0.15) is 11.5 Å². The van der Waals surface area contributed by atoms with Crippen molar-refractivity contribution in [3.05, 3.63) is 65.2 Å². The lowest BCUT2D eigenvalue weighted by atomic mass is 9.95. The van der Waals surface area contributed by atoms with E-state index in [1.165, 1.54) is 0 Å². The zero-order valence-electron chi connectivity index (χ0n) is 12.8. The number of halogens is 4. The third-order valence-corrected chi connectivity index (χ3v) is 6.08. The Morgan fingerprint density at radius 2 is 1.52 bits per heavy atom. The van der Waals surface area contributed by atoms with Crippen LogP contribution in [0.25, 0.3) is 0 Å². The van der Waals surface area contributed by atoms with Crippen molar-refractivity contribution in [1.82, 2.24) is 4.31 Å². The van der Waals surface area contributed by atoms with Gasteiger partial charge in [-0.05, 0) is 5.56 Å². The van der Waals surface area contributed by atoms with Gasteiger partial charge in [-0.2, -0.15) is 4.31 Å². The molecule has 1 saturated heterocycles. The van der Waals surface area contributed by atoms with Gasteiger partial charge in [0.15, 0.2) is 28.2 Å². The highest BCUT2D eigenvalue weighted by atomic mass is 32.2. The van der Waals surface area contributed by atoms with Crippen molar-refractivity contribution in [1.29, 1.82) is 0 Å². The van der Waals surface area contributed by atoms with Gasteiger partial charge in [-0.1, -0.05) is 30.3 Å². The van der Waals surface area contributed by atoms with Crippen LogP contribution in [0, 0.1) is 23.3 Å². The maximum atomic E-state index is 13.9. The fraction of sp³-hybridized carbons (Fsp3) is 0.250. The number of sulfonamides is 1. The minimum atomic E-state index is -4.80. The second-order valence-corrected chi connectivity index (χ2v) is 7.68. The Labute approximate surface area is 141 Å². The van der Waals surface area contributed by atoms with E-state index in [-0.39, 0.29) is 19.2 Å². The van der Waals surface area contributed by atoms with Crippen molar-refractivity contribution in [2.45, 2.75) is 16.9 Å². The van der Waals surface area contributed by atoms with Gasteiger partial charge in [0, 0.05) is 31.1 Å². The number of hydrogen-bond donors (Lipinski definition) is 1. The normalized spacial score (nSPS) is 21.6. The first-order chi connectivity index (χ1) is 11.7. The summed E-state index contributed by atoms with van der Waals surface area (Å²) in [6.45, 7) is -0.372. The standard InChI is InChI=1S/C16H14F4N2O2S/c17-11-6-12(18)15(20)16(14(11)19)25(23,24)22-7-10(13(21)8-22)9-4-2-1-3-5-9/h1-6,10,13H,7-8,21H2/t10-,13+/m0/s1. The smallest absolute Gasteiger partial charge is 0.249 e. The third-order valence-electron chi connectivity index (χ3n) is 4.23. The van der Waals surface area contributed by atoms with Crippen LogP contribution in [-0.2, 0) is 10.0 Å². The molecule has 1 aliphatic heterocycles. The minimum absolute atomic E-state index is 0.0355. The summed E-state index contributed by atoms with van der Waals surface area (Å²) in [7, 11) is -4.80. The predicted octanol–water partition coefficient (Wildman–Crippen LogP) is 2.36. The number of nitrogens with two attached hydrogens (primary N) is 1. The van der Waals surface area contributed by atoms with Crippen LogP contribution >= 0.6 is 0 Å². The van der Waals surface area contributed by atoms with E-state index >= 15 is 0 Å². The van der Waals surface area contributed by atoms with Gasteiger partial charge in [0.25, 0.3) is 0 Å². The summed E-state index contributed by atoms with van der Waals surface area (Å²) >= 11 is 0. The van der Waals surface area contributed by atoms with Gasteiger partial charge >= 0.3 is 0 Å². The fourth-order valence-corrected chi connectivity index (χ4v) is 4.58. The molecule has 9 heteroatoms. The molecule has 0 bridgehead atoms. The molecule has 25 heavy (non-hydrogen) atoms. The molecule has 2 atom stereocenters.